The van der Waals surface area contributed by atoms with Crippen molar-refractivity contribution in [3.63, 3.8) is 0 Å². The fraction of sp³-hybridized carbons (Fsp3) is 0.381. The standard InChI is InChI=1S/C21H25FN2O2/c1-15(21(23)25)24-12-3-2-7-20(24)17-8-10-19(11-9-17)26-14-16-5-4-6-18(22)13-16/h4-6,8-11,13,15,20H,2-3,7,12,14H2,1H3,(H2,23,25)/t15-,20+/m1/s1. The lowest BCUT2D eigenvalue weighted by molar-refractivity contribution is -0.124. The average molecular weight is 356 g/mol. The number of hydrogen-bond donors (Lipinski definition) is 1. The Bertz CT molecular complexity index is 748. The molecule has 3 rings (SSSR count). The molecular weight excluding hydrogens is 331 g/mol. The molecule has 5 heteroatoms. The predicted molar refractivity (Wildman–Crippen MR) is 99.1 cm³/mol. The summed E-state index contributed by atoms with van der Waals surface area (Å²) in [6.07, 6.45) is 3.24. The van der Waals surface area contributed by atoms with E-state index in [1.165, 1.54) is 12.1 Å². The van der Waals surface area contributed by atoms with E-state index in [4.69, 9.17) is 10.5 Å². The van der Waals surface area contributed by atoms with Crippen LogP contribution in [0.5, 0.6) is 5.75 Å². The van der Waals surface area contributed by atoms with Crippen LogP contribution in [0.1, 0.15) is 43.4 Å². The largest absolute Gasteiger partial charge is 0.489 e. The Balaban J connectivity index is 1.67. The molecule has 1 saturated heterocycles. The maximum Gasteiger partial charge on any atom is 0.234 e. The van der Waals surface area contributed by atoms with Crippen molar-refractivity contribution in [2.24, 2.45) is 5.73 Å². The fourth-order valence-electron chi connectivity index (χ4n) is 3.52. The van der Waals surface area contributed by atoms with E-state index in [9.17, 15) is 9.18 Å². The molecule has 2 aromatic carbocycles. The molecule has 0 unspecified atom stereocenters. The van der Waals surface area contributed by atoms with E-state index in [0.29, 0.717) is 6.61 Å². The number of nitrogens with two attached hydrogens (primary N) is 1. The van der Waals surface area contributed by atoms with E-state index in [1.807, 2.05) is 37.3 Å². The summed E-state index contributed by atoms with van der Waals surface area (Å²) >= 11 is 0. The second-order valence-corrected chi connectivity index (χ2v) is 6.82. The molecule has 1 aliphatic rings. The molecule has 1 amide bonds. The van der Waals surface area contributed by atoms with Crippen molar-refractivity contribution in [1.82, 2.24) is 4.90 Å². The van der Waals surface area contributed by atoms with Gasteiger partial charge in [-0.05, 0) is 61.7 Å². The van der Waals surface area contributed by atoms with Gasteiger partial charge < -0.3 is 10.5 Å². The molecule has 0 spiro atoms. The number of likely N-dealkylation sites (tertiary alicyclic amines) is 1. The van der Waals surface area contributed by atoms with Gasteiger partial charge in [-0.1, -0.05) is 30.7 Å². The molecule has 0 aromatic heterocycles. The summed E-state index contributed by atoms with van der Waals surface area (Å²) in [6.45, 7) is 3.08. The summed E-state index contributed by atoms with van der Waals surface area (Å²) < 4.78 is 19.0. The Kier molecular flexibility index (Phi) is 5.89. The summed E-state index contributed by atoms with van der Waals surface area (Å²) in [6, 6.07) is 14.3. The van der Waals surface area contributed by atoms with Gasteiger partial charge in [0.15, 0.2) is 0 Å². The zero-order valence-corrected chi connectivity index (χ0v) is 15.0. The second kappa shape index (κ2) is 8.32. The Morgan fingerprint density at radius 3 is 2.73 bits per heavy atom. The molecule has 0 radical (unpaired) electrons. The van der Waals surface area contributed by atoms with Gasteiger partial charge in [0.2, 0.25) is 5.91 Å². The van der Waals surface area contributed by atoms with E-state index >= 15 is 0 Å². The first-order chi connectivity index (χ1) is 12.5. The maximum atomic E-state index is 13.2. The number of piperidine rings is 1. The molecule has 0 bridgehead atoms. The zero-order chi connectivity index (χ0) is 18.5. The van der Waals surface area contributed by atoms with Crippen molar-refractivity contribution in [2.75, 3.05) is 6.54 Å². The lowest BCUT2D eigenvalue weighted by Crippen LogP contribution is -2.46. The molecule has 1 fully saturated rings. The number of carbonyl (C=O) groups excluding carboxylic acids is 1. The summed E-state index contributed by atoms with van der Waals surface area (Å²) in [5, 5.41) is 0. The van der Waals surface area contributed by atoms with Crippen LogP contribution in [0.15, 0.2) is 48.5 Å². The van der Waals surface area contributed by atoms with Gasteiger partial charge in [0, 0.05) is 6.04 Å². The minimum Gasteiger partial charge on any atom is -0.489 e. The Morgan fingerprint density at radius 1 is 1.27 bits per heavy atom. The maximum absolute atomic E-state index is 13.2. The van der Waals surface area contributed by atoms with Crippen LogP contribution in [0.4, 0.5) is 4.39 Å². The molecule has 0 saturated carbocycles. The number of benzene rings is 2. The lowest BCUT2D eigenvalue weighted by Gasteiger charge is -2.39. The number of nitrogens with zero attached hydrogens (tertiary/aromatic N) is 1. The van der Waals surface area contributed by atoms with E-state index in [1.54, 1.807) is 6.07 Å². The summed E-state index contributed by atoms with van der Waals surface area (Å²) in [5.74, 6) is 0.192. The van der Waals surface area contributed by atoms with Gasteiger partial charge in [-0.2, -0.15) is 0 Å². The third kappa shape index (κ3) is 4.41. The highest BCUT2D eigenvalue weighted by Gasteiger charge is 2.30. The highest BCUT2D eigenvalue weighted by atomic mass is 19.1. The summed E-state index contributed by atoms with van der Waals surface area (Å²) in [5.41, 5.74) is 7.47. The van der Waals surface area contributed by atoms with Gasteiger partial charge in [0.05, 0.1) is 6.04 Å². The monoisotopic (exact) mass is 356 g/mol. The van der Waals surface area contributed by atoms with Gasteiger partial charge in [-0.25, -0.2) is 4.39 Å². The van der Waals surface area contributed by atoms with E-state index in [2.05, 4.69) is 4.90 Å². The van der Waals surface area contributed by atoms with Crippen LogP contribution in [-0.4, -0.2) is 23.4 Å². The van der Waals surface area contributed by atoms with Gasteiger partial charge in [0.1, 0.15) is 18.2 Å². The minimum absolute atomic E-state index is 0.198. The summed E-state index contributed by atoms with van der Waals surface area (Å²) in [4.78, 5) is 13.8. The smallest absolute Gasteiger partial charge is 0.234 e. The SMILES string of the molecule is C[C@H](C(N)=O)N1CCCC[C@H]1c1ccc(OCc2cccc(F)c2)cc1. The van der Waals surface area contributed by atoms with Crippen molar-refractivity contribution in [3.05, 3.63) is 65.5 Å². The molecule has 2 atom stereocenters. The molecule has 26 heavy (non-hydrogen) atoms. The number of halogens is 1. The molecule has 4 nitrogen and oxygen atoms in total. The van der Waals surface area contributed by atoms with E-state index < -0.39 is 0 Å². The first kappa shape index (κ1) is 18.4. The molecule has 1 aliphatic heterocycles. The minimum atomic E-state index is -0.285. The quantitative estimate of drug-likeness (QED) is 0.856. The topological polar surface area (TPSA) is 55.6 Å². The van der Waals surface area contributed by atoms with Crippen LogP contribution < -0.4 is 10.5 Å². The van der Waals surface area contributed by atoms with Crippen molar-refractivity contribution < 1.29 is 13.9 Å². The Labute approximate surface area is 153 Å². The Morgan fingerprint density at radius 2 is 2.04 bits per heavy atom. The van der Waals surface area contributed by atoms with Crippen molar-refractivity contribution in [1.29, 1.82) is 0 Å². The fourth-order valence-corrected chi connectivity index (χ4v) is 3.52. The van der Waals surface area contributed by atoms with Crippen molar-refractivity contribution in [2.45, 2.75) is 44.9 Å². The zero-order valence-electron chi connectivity index (χ0n) is 15.0. The lowest BCUT2D eigenvalue weighted by atomic mass is 9.93. The second-order valence-electron chi connectivity index (χ2n) is 6.82. The normalized spacial score (nSPS) is 19.1. The molecule has 2 aromatic rings. The third-order valence-electron chi connectivity index (χ3n) is 5.01. The predicted octanol–water partition coefficient (Wildman–Crippen LogP) is 3.81. The first-order valence-electron chi connectivity index (χ1n) is 9.07. The van der Waals surface area contributed by atoms with Gasteiger partial charge >= 0.3 is 0 Å². The summed E-state index contributed by atoms with van der Waals surface area (Å²) in [7, 11) is 0. The van der Waals surface area contributed by atoms with E-state index in [0.717, 1.165) is 42.7 Å². The number of amides is 1. The first-order valence-corrected chi connectivity index (χ1v) is 9.07. The van der Waals surface area contributed by atoms with Crippen LogP contribution >= 0.6 is 0 Å². The van der Waals surface area contributed by atoms with Crippen LogP contribution in [0, 0.1) is 5.82 Å². The molecule has 2 N–H and O–H groups in total. The number of carbonyl (C=O) groups is 1. The highest BCUT2D eigenvalue weighted by Crippen LogP contribution is 2.33. The Hall–Kier alpha value is -2.40. The highest BCUT2D eigenvalue weighted by molar-refractivity contribution is 5.79. The van der Waals surface area contributed by atoms with Crippen molar-refractivity contribution >= 4 is 5.91 Å². The molecule has 1 heterocycles. The van der Waals surface area contributed by atoms with E-state index in [-0.39, 0.29) is 23.8 Å². The van der Waals surface area contributed by atoms with Gasteiger partial charge in [0.25, 0.3) is 0 Å². The number of ether oxygens (including phenoxy) is 1. The average Bonchev–Trinajstić information content (AvgIpc) is 2.66. The van der Waals surface area contributed by atoms with Crippen LogP contribution in [0.25, 0.3) is 0 Å². The van der Waals surface area contributed by atoms with Crippen LogP contribution in [0.2, 0.25) is 0 Å². The molecular formula is C21H25FN2O2. The number of primary amides is 1. The number of rotatable bonds is 6. The number of hydrogen-bond acceptors (Lipinski definition) is 3. The molecule has 138 valence electrons. The van der Waals surface area contributed by atoms with Crippen LogP contribution in [0.3, 0.4) is 0 Å². The van der Waals surface area contributed by atoms with Crippen molar-refractivity contribution in [3.8, 4) is 5.75 Å². The van der Waals surface area contributed by atoms with Crippen LogP contribution in [-0.2, 0) is 11.4 Å². The van der Waals surface area contributed by atoms with Gasteiger partial charge in [-0.15, -0.1) is 0 Å². The third-order valence-corrected chi connectivity index (χ3v) is 5.01. The molecule has 0 aliphatic carbocycles. The van der Waals surface area contributed by atoms with Gasteiger partial charge in [-0.3, -0.25) is 9.69 Å².